The van der Waals surface area contributed by atoms with Crippen molar-refractivity contribution >= 4 is 12.0 Å². The van der Waals surface area contributed by atoms with Crippen molar-refractivity contribution in [3.8, 4) is 0 Å². The third-order valence-electron chi connectivity index (χ3n) is 3.35. The van der Waals surface area contributed by atoms with Crippen LogP contribution in [-0.2, 0) is 4.79 Å². The van der Waals surface area contributed by atoms with Crippen LogP contribution in [0.4, 0.5) is 4.79 Å². The van der Waals surface area contributed by atoms with E-state index in [1.807, 2.05) is 6.92 Å². The van der Waals surface area contributed by atoms with Gasteiger partial charge in [-0.3, -0.25) is 4.79 Å². The van der Waals surface area contributed by atoms with Crippen molar-refractivity contribution < 1.29 is 14.7 Å². The van der Waals surface area contributed by atoms with Gasteiger partial charge in [0.2, 0.25) is 0 Å². The monoisotopic (exact) mass is 272 g/mol. The van der Waals surface area contributed by atoms with Gasteiger partial charge in [-0.1, -0.05) is 33.1 Å². The maximum absolute atomic E-state index is 11.9. The van der Waals surface area contributed by atoms with E-state index in [2.05, 4.69) is 19.2 Å². The lowest BCUT2D eigenvalue weighted by Gasteiger charge is -2.22. The van der Waals surface area contributed by atoms with Gasteiger partial charge < -0.3 is 15.3 Å². The first-order chi connectivity index (χ1) is 9.04. The summed E-state index contributed by atoms with van der Waals surface area (Å²) in [6.07, 6.45) is 4.54. The Morgan fingerprint density at radius 3 is 2.42 bits per heavy atom. The molecule has 0 bridgehead atoms. The predicted molar refractivity (Wildman–Crippen MR) is 76.2 cm³/mol. The first-order valence-electron chi connectivity index (χ1n) is 7.29. The van der Waals surface area contributed by atoms with E-state index < -0.39 is 5.97 Å². The smallest absolute Gasteiger partial charge is 0.317 e. The minimum absolute atomic E-state index is 0.00565. The third-order valence-corrected chi connectivity index (χ3v) is 3.35. The molecule has 5 nitrogen and oxygen atoms in total. The van der Waals surface area contributed by atoms with Crippen LogP contribution < -0.4 is 5.32 Å². The molecule has 0 aromatic rings. The fourth-order valence-electron chi connectivity index (χ4n) is 1.92. The second-order valence-electron chi connectivity index (χ2n) is 4.83. The molecule has 0 saturated carbocycles. The van der Waals surface area contributed by atoms with Crippen LogP contribution in [0.15, 0.2) is 0 Å². The molecule has 1 unspecified atom stereocenters. The Balaban J connectivity index is 4.06. The Labute approximate surface area is 116 Å². The van der Waals surface area contributed by atoms with Crippen molar-refractivity contribution in [2.45, 2.75) is 52.9 Å². The highest BCUT2D eigenvalue weighted by Crippen LogP contribution is 2.11. The van der Waals surface area contributed by atoms with Crippen molar-refractivity contribution in [1.29, 1.82) is 0 Å². The predicted octanol–water partition coefficient (Wildman–Crippen LogP) is 2.71. The molecule has 1 atom stereocenters. The number of unbranched alkanes of at least 4 members (excludes halogenated alkanes) is 1. The zero-order chi connectivity index (χ0) is 14.7. The average Bonchev–Trinajstić information content (AvgIpc) is 2.39. The van der Waals surface area contributed by atoms with E-state index in [-0.39, 0.29) is 19.0 Å². The lowest BCUT2D eigenvalue weighted by Crippen LogP contribution is -2.42. The zero-order valence-corrected chi connectivity index (χ0v) is 12.4. The summed E-state index contributed by atoms with van der Waals surface area (Å²) in [5.41, 5.74) is 0. The molecule has 0 heterocycles. The lowest BCUT2D eigenvalue weighted by atomic mass is 9.99. The first kappa shape index (κ1) is 17.7. The number of carboxylic acid groups (broad SMARTS) is 1. The van der Waals surface area contributed by atoms with Gasteiger partial charge in [-0.25, -0.2) is 4.79 Å². The fourth-order valence-corrected chi connectivity index (χ4v) is 1.92. The van der Waals surface area contributed by atoms with Gasteiger partial charge >= 0.3 is 12.0 Å². The van der Waals surface area contributed by atoms with Gasteiger partial charge in [0.25, 0.3) is 0 Å². The van der Waals surface area contributed by atoms with Crippen molar-refractivity contribution in [3.63, 3.8) is 0 Å². The molecule has 5 heteroatoms. The molecule has 0 aliphatic heterocycles. The van der Waals surface area contributed by atoms with Crippen LogP contribution in [0.25, 0.3) is 0 Å². The highest BCUT2D eigenvalue weighted by molar-refractivity contribution is 5.75. The summed E-state index contributed by atoms with van der Waals surface area (Å²) >= 11 is 0. The van der Waals surface area contributed by atoms with Crippen LogP contribution in [0.2, 0.25) is 0 Å². The Morgan fingerprint density at radius 2 is 1.95 bits per heavy atom. The summed E-state index contributed by atoms with van der Waals surface area (Å²) in [6.45, 7) is 7.63. The van der Waals surface area contributed by atoms with E-state index in [0.29, 0.717) is 19.0 Å². The maximum Gasteiger partial charge on any atom is 0.317 e. The number of carbonyl (C=O) groups is 2. The summed E-state index contributed by atoms with van der Waals surface area (Å²) in [4.78, 5) is 24.0. The van der Waals surface area contributed by atoms with E-state index in [1.165, 1.54) is 12.8 Å². The summed E-state index contributed by atoms with van der Waals surface area (Å²) < 4.78 is 0. The minimum Gasteiger partial charge on any atom is -0.481 e. The number of hydrogen-bond donors (Lipinski definition) is 2. The third kappa shape index (κ3) is 8.46. The van der Waals surface area contributed by atoms with Gasteiger partial charge in [-0.2, -0.15) is 0 Å². The highest BCUT2D eigenvalue weighted by atomic mass is 16.4. The first-order valence-corrected chi connectivity index (χ1v) is 7.29. The van der Waals surface area contributed by atoms with Crippen LogP contribution in [0, 0.1) is 5.92 Å². The topological polar surface area (TPSA) is 69.6 Å². The SMILES string of the molecule is CCCCC(CC)CNC(=O)N(CC)CCC(=O)O. The molecule has 2 amide bonds. The molecule has 0 aromatic heterocycles. The number of carboxylic acids is 1. The number of amides is 2. The molecule has 2 N–H and O–H groups in total. The number of carbonyl (C=O) groups excluding carboxylic acids is 1. The van der Waals surface area contributed by atoms with Gasteiger partial charge in [0.15, 0.2) is 0 Å². The summed E-state index contributed by atoms with van der Waals surface area (Å²) in [5.74, 6) is -0.359. The summed E-state index contributed by atoms with van der Waals surface area (Å²) in [7, 11) is 0. The normalized spacial score (nSPS) is 11.9. The Hall–Kier alpha value is -1.26. The lowest BCUT2D eigenvalue weighted by molar-refractivity contribution is -0.137. The van der Waals surface area contributed by atoms with Gasteiger partial charge in [0.1, 0.15) is 0 Å². The number of hydrogen-bond acceptors (Lipinski definition) is 2. The standard InChI is InChI=1S/C14H28N2O3/c1-4-7-8-12(5-2)11-15-14(19)16(6-3)10-9-13(17)18/h12H,4-11H2,1-3H3,(H,15,19)(H,17,18). The quantitative estimate of drug-likeness (QED) is 0.642. The largest absolute Gasteiger partial charge is 0.481 e. The van der Waals surface area contributed by atoms with Gasteiger partial charge in [-0.15, -0.1) is 0 Å². The summed E-state index contributed by atoms with van der Waals surface area (Å²) in [6, 6.07) is -0.154. The van der Waals surface area contributed by atoms with Crippen LogP contribution in [0.5, 0.6) is 0 Å². The molecule has 0 spiro atoms. The highest BCUT2D eigenvalue weighted by Gasteiger charge is 2.14. The molecule has 19 heavy (non-hydrogen) atoms. The molecular formula is C14H28N2O3. The van der Waals surface area contributed by atoms with Crippen molar-refractivity contribution in [3.05, 3.63) is 0 Å². The second-order valence-corrected chi connectivity index (χ2v) is 4.83. The fraction of sp³-hybridized carbons (Fsp3) is 0.857. The van der Waals surface area contributed by atoms with Crippen LogP contribution in [-0.4, -0.2) is 41.6 Å². The molecule has 0 radical (unpaired) electrons. The molecule has 0 aliphatic carbocycles. The van der Waals surface area contributed by atoms with Crippen LogP contribution in [0.3, 0.4) is 0 Å². The van der Waals surface area contributed by atoms with E-state index in [9.17, 15) is 9.59 Å². The average molecular weight is 272 g/mol. The Morgan fingerprint density at radius 1 is 1.26 bits per heavy atom. The molecule has 0 aliphatic rings. The molecule has 0 fully saturated rings. The molecule has 0 rings (SSSR count). The molecular weight excluding hydrogens is 244 g/mol. The van der Waals surface area contributed by atoms with Crippen LogP contribution >= 0.6 is 0 Å². The zero-order valence-electron chi connectivity index (χ0n) is 12.4. The van der Waals surface area contributed by atoms with Gasteiger partial charge in [0.05, 0.1) is 6.42 Å². The maximum atomic E-state index is 11.9. The van der Waals surface area contributed by atoms with Crippen LogP contribution in [0.1, 0.15) is 52.9 Å². The number of aliphatic carboxylic acids is 1. The Bertz CT molecular complexity index is 269. The number of rotatable bonds is 10. The van der Waals surface area contributed by atoms with Crippen molar-refractivity contribution in [1.82, 2.24) is 10.2 Å². The molecule has 112 valence electrons. The summed E-state index contributed by atoms with van der Waals surface area (Å²) in [5, 5.41) is 11.5. The number of nitrogens with one attached hydrogen (secondary N) is 1. The van der Waals surface area contributed by atoms with Gasteiger partial charge in [-0.05, 0) is 19.3 Å². The number of nitrogens with zero attached hydrogens (tertiary/aromatic N) is 1. The van der Waals surface area contributed by atoms with E-state index in [4.69, 9.17) is 5.11 Å². The van der Waals surface area contributed by atoms with E-state index >= 15 is 0 Å². The minimum atomic E-state index is -0.874. The van der Waals surface area contributed by atoms with E-state index in [1.54, 1.807) is 4.90 Å². The van der Waals surface area contributed by atoms with Crippen molar-refractivity contribution in [2.24, 2.45) is 5.92 Å². The molecule has 0 aromatic carbocycles. The number of urea groups is 1. The van der Waals surface area contributed by atoms with Crippen molar-refractivity contribution in [2.75, 3.05) is 19.6 Å². The van der Waals surface area contributed by atoms with Gasteiger partial charge in [0, 0.05) is 19.6 Å². The molecule has 0 saturated heterocycles. The second kappa shape index (κ2) is 10.6. The Kier molecular flexibility index (Phi) is 9.94. The van der Waals surface area contributed by atoms with E-state index in [0.717, 1.165) is 12.8 Å².